The number of amides is 1. The zero-order valence-corrected chi connectivity index (χ0v) is 15.5. The second-order valence-electron chi connectivity index (χ2n) is 5.79. The molecular formula is C16H16ClN5O2S. The molecule has 3 aromatic heterocycles. The summed E-state index contributed by atoms with van der Waals surface area (Å²) in [4.78, 5) is 39.1. The number of hydrogen-bond acceptors (Lipinski definition) is 6. The lowest BCUT2D eigenvalue weighted by Crippen LogP contribution is -2.18. The second-order valence-corrected chi connectivity index (χ2v) is 7.17. The summed E-state index contributed by atoms with van der Waals surface area (Å²) in [5.74, 6) is 0.570. The maximum atomic E-state index is 12.6. The Hall–Kier alpha value is -2.29. The first-order valence-electron chi connectivity index (χ1n) is 7.46. The SMILES string of the molecule is Cc1c(C(=O)Nc2cccc(Cl)n2)sc2nc(CN(C)C)[nH]c(=O)c12. The standard InChI is InChI=1S/C16H16ClN5O2S/c1-8-12-14(23)20-11(7-22(2)3)21-16(12)25-13(8)15(24)19-10-6-4-5-9(17)18-10/h4-6H,7H2,1-3H3,(H,18,19,24)(H,20,21,23). The number of hydrogen-bond donors (Lipinski definition) is 2. The largest absolute Gasteiger partial charge is 0.309 e. The number of anilines is 1. The van der Waals surface area contributed by atoms with Crippen molar-refractivity contribution in [3.63, 3.8) is 0 Å². The Labute approximate surface area is 152 Å². The van der Waals surface area contributed by atoms with Crippen LogP contribution in [0.25, 0.3) is 10.2 Å². The van der Waals surface area contributed by atoms with Gasteiger partial charge in [0.2, 0.25) is 0 Å². The monoisotopic (exact) mass is 377 g/mol. The molecule has 2 N–H and O–H groups in total. The van der Waals surface area contributed by atoms with E-state index in [1.54, 1.807) is 25.1 Å². The van der Waals surface area contributed by atoms with Crippen molar-refractivity contribution in [1.82, 2.24) is 19.9 Å². The summed E-state index contributed by atoms with van der Waals surface area (Å²) in [6, 6.07) is 4.97. The van der Waals surface area contributed by atoms with Crippen LogP contribution >= 0.6 is 22.9 Å². The summed E-state index contributed by atoms with van der Waals surface area (Å²) in [7, 11) is 3.78. The summed E-state index contributed by atoms with van der Waals surface area (Å²) in [5.41, 5.74) is 0.361. The Morgan fingerprint density at radius 2 is 2.12 bits per heavy atom. The van der Waals surface area contributed by atoms with Crippen molar-refractivity contribution >= 4 is 44.9 Å². The van der Waals surface area contributed by atoms with Crippen molar-refractivity contribution in [2.75, 3.05) is 19.4 Å². The van der Waals surface area contributed by atoms with Gasteiger partial charge in [-0.1, -0.05) is 17.7 Å². The normalized spacial score (nSPS) is 11.2. The van der Waals surface area contributed by atoms with Gasteiger partial charge in [-0.15, -0.1) is 11.3 Å². The summed E-state index contributed by atoms with van der Waals surface area (Å²) in [6.45, 7) is 2.25. The van der Waals surface area contributed by atoms with Gasteiger partial charge in [0, 0.05) is 0 Å². The van der Waals surface area contributed by atoms with Crippen LogP contribution in [0.3, 0.4) is 0 Å². The van der Waals surface area contributed by atoms with Crippen LogP contribution < -0.4 is 10.9 Å². The van der Waals surface area contributed by atoms with Gasteiger partial charge in [-0.3, -0.25) is 9.59 Å². The van der Waals surface area contributed by atoms with Gasteiger partial charge in [-0.25, -0.2) is 9.97 Å². The van der Waals surface area contributed by atoms with Crippen LogP contribution in [0.15, 0.2) is 23.0 Å². The summed E-state index contributed by atoms with van der Waals surface area (Å²) in [5, 5.41) is 3.43. The number of fused-ring (bicyclic) bond motifs is 1. The number of carbonyl (C=O) groups excluding carboxylic acids is 1. The topological polar surface area (TPSA) is 91.0 Å². The minimum atomic E-state index is -0.344. The summed E-state index contributed by atoms with van der Waals surface area (Å²) >= 11 is 7.02. The van der Waals surface area contributed by atoms with Gasteiger partial charge in [0.25, 0.3) is 11.5 Å². The van der Waals surface area contributed by atoms with Crippen molar-refractivity contribution < 1.29 is 4.79 Å². The van der Waals surface area contributed by atoms with E-state index in [4.69, 9.17) is 11.6 Å². The average Bonchev–Trinajstić information content (AvgIpc) is 2.84. The highest BCUT2D eigenvalue weighted by molar-refractivity contribution is 7.20. The first-order valence-corrected chi connectivity index (χ1v) is 8.65. The molecule has 0 saturated heterocycles. The third kappa shape index (κ3) is 3.71. The Morgan fingerprint density at radius 3 is 2.80 bits per heavy atom. The number of aromatic amines is 1. The minimum Gasteiger partial charge on any atom is -0.309 e. The lowest BCUT2D eigenvalue weighted by molar-refractivity contribution is 0.102. The molecule has 3 heterocycles. The summed E-state index contributed by atoms with van der Waals surface area (Å²) < 4.78 is 0. The molecular weight excluding hydrogens is 362 g/mol. The quantitative estimate of drug-likeness (QED) is 0.682. The number of pyridine rings is 1. The molecule has 3 aromatic rings. The fraction of sp³-hybridized carbons (Fsp3) is 0.250. The highest BCUT2D eigenvalue weighted by atomic mass is 35.5. The molecule has 0 unspecified atom stereocenters. The van der Waals surface area contributed by atoms with Crippen LogP contribution in [0.4, 0.5) is 5.82 Å². The van der Waals surface area contributed by atoms with Gasteiger partial charge < -0.3 is 15.2 Å². The Bertz CT molecular complexity index is 1010. The fourth-order valence-electron chi connectivity index (χ4n) is 2.43. The minimum absolute atomic E-state index is 0.240. The number of H-pyrrole nitrogens is 1. The number of thiophene rings is 1. The van der Waals surface area contributed by atoms with Crippen molar-refractivity contribution in [3.05, 3.63) is 50.0 Å². The van der Waals surface area contributed by atoms with Crippen LogP contribution in [0.5, 0.6) is 0 Å². The Morgan fingerprint density at radius 1 is 1.36 bits per heavy atom. The zero-order chi connectivity index (χ0) is 18.1. The molecule has 3 rings (SSSR count). The van der Waals surface area contributed by atoms with Crippen molar-refractivity contribution in [2.45, 2.75) is 13.5 Å². The Balaban J connectivity index is 1.99. The third-order valence-corrected chi connectivity index (χ3v) is 4.87. The molecule has 0 aromatic carbocycles. The van der Waals surface area contributed by atoms with Crippen LogP contribution in [-0.2, 0) is 6.54 Å². The average molecular weight is 378 g/mol. The van der Waals surface area contributed by atoms with E-state index in [9.17, 15) is 9.59 Å². The maximum Gasteiger partial charge on any atom is 0.267 e. The van der Waals surface area contributed by atoms with Gasteiger partial charge in [-0.2, -0.15) is 0 Å². The lowest BCUT2D eigenvalue weighted by Gasteiger charge is -2.07. The molecule has 130 valence electrons. The lowest BCUT2D eigenvalue weighted by atomic mass is 10.2. The molecule has 0 radical (unpaired) electrons. The molecule has 0 aliphatic carbocycles. The van der Waals surface area contributed by atoms with E-state index in [1.807, 2.05) is 19.0 Å². The van der Waals surface area contributed by atoms with E-state index in [1.165, 1.54) is 11.3 Å². The first kappa shape index (κ1) is 17.5. The van der Waals surface area contributed by atoms with Gasteiger partial charge in [-0.05, 0) is 38.7 Å². The molecule has 0 bridgehead atoms. The van der Waals surface area contributed by atoms with E-state index in [2.05, 4.69) is 20.3 Å². The maximum absolute atomic E-state index is 12.6. The van der Waals surface area contributed by atoms with E-state index in [0.717, 1.165) is 0 Å². The first-order chi connectivity index (χ1) is 11.8. The number of rotatable bonds is 4. The van der Waals surface area contributed by atoms with Crippen molar-refractivity contribution in [1.29, 1.82) is 0 Å². The van der Waals surface area contributed by atoms with Gasteiger partial charge >= 0.3 is 0 Å². The van der Waals surface area contributed by atoms with Crippen LogP contribution in [0.2, 0.25) is 5.15 Å². The molecule has 0 fully saturated rings. The molecule has 25 heavy (non-hydrogen) atoms. The number of aryl methyl sites for hydroxylation is 1. The third-order valence-electron chi connectivity index (χ3n) is 3.48. The van der Waals surface area contributed by atoms with E-state index in [0.29, 0.717) is 38.8 Å². The molecule has 0 spiro atoms. The van der Waals surface area contributed by atoms with E-state index in [-0.39, 0.29) is 16.6 Å². The van der Waals surface area contributed by atoms with E-state index < -0.39 is 0 Å². The highest BCUT2D eigenvalue weighted by Crippen LogP contribution is 2.27. The Kier molecular flexibility index (Phi) is 4.85. The summed E-state index contributed by atoms with van der Waals surface area (Å²) in [6.07, 6.45) is 0. The number of carbonyl (C=O) groups is 1. The molecule has 9 heteroatoms. The van der Waals surface area contributed by atoms with Crippen LogP contribution in [0.1, 0.15) is 21.1 Å². The fourth-order valence-corrected chi connectivity index (χ4v) is 3.69. The molecule has 0 aliphatic heterocycles. The molecule has 0 aliphatic rings. The van der Waals surface area contributed by atoms with Crippen molar-refractivity contribution in [2.24, 2.45) is 0 Å². The predicted molar refractivity (Wildman–Crippen MR) is 99.6 cm³/mol. The number of nitrogens with one attached hydrogen (secondary N) is 2. The number of nitrogens with zero attached hydrogens (tertiary/aromatic N) is 3. The van der Waals surface area contributed by atoms with Crippen LogP contribution in [-0.4, -0.2) is 39.9 Å². The molecule has 7 nitrogen and oxygen atoms in total. The number of aromatic nitrogens is 3. The highest BCUT2D eigenvalue weighted by Gasteiger charge is 2.20. The van der Waals surface area contributed by atoms with Gasteiger partial charge in [0.15, 0.2) is 0 Å². The van der Waals surface area contributed by atoms with E-state index >= 15 is 0 Å². The van der Waals surface area contributed by atoms with Gasteiger partial charge in [0.1, 0.15) is 21.6 Å². The zero-order valence-electron chi connectivity index (χ0n) is 13.9. The number of halogens is 1. The molecule has 0 saturated carbocycles. The second kappa shape index (κ2) is 6.91. The van der Waals surface area contributed by atoms with Crippen molar-refractivity contribution in [3.8, 4) is 0 Å². The molecule has 0 atom stereocenters. The smallest absolute Gasteiger partial charge is 0.267 e. The molecule has 1 amide bonds. The van der Waals surface area contributed by atoms with Crippen LogP contribution in [0, 0.1) is 6.92 Å². The van der Waals surface area contributed by atoms with Gasteiger partial charge in [0.05, 0.1) is 16.8 Å². The predicted octanol–water partition coefficient (Wildman–Crippen LogP) is 2.66.